The number of benzene rings is 2. The first-order valence-corrected chi connectivity index (χ1v) is 14.1. The normalized spacial score (nSPS) is 19.6. The molecule has 5 rings (SSSR count). The summed E-state index contributed by atoms with van der Waals surface area (Å²) < 4.78 is 11.3. The summed E-state index contributed by atoms with van der Waals surface area (Å²) in [6, 6.07) is 10.6. The van der Waals surface area contributed by atoms with Crippen molar-refractivity contribution in [2.45, 2.75) is 63.6 Å². The van der Waals surface area contributed by atoms with Gasteiger partial charge in [-0.1, -0.05) is 5.16 Å². The van der Waals surface area contributed by atoms with Gasteiger partial charge in [-0.15, -0.1) is 0 Å². The molecule has 1 saturated carbocycles. The minimum Gasteiger partial charge on any atom is -0.508 e. The number of primary amides is 1. The number of aromatic nitrogens is 1. The number of ether oxygens (including phenoxy) is 1. The third kappa shape index (κ3) is 6.82. The second-order valence-electron chi connectivity index (χ2n) is 10.9. The molecule has 0 atom stereocenters. The average Bonchev–Trinajstić information content (AvgIpc) is 3.43. The molecule has 1 aliphatic carbocycles. The first-order chi connectivity index (χ1) is 20.2. The zero-order valence-corrected chi connectivity index (χ0v) is 23.3. The lowest BCUT2D eigenvalue weighted by Gasteiger charge is -2.41. The molecule has 222 valence electrons. The summed E-state index contributed by atoms with van der Waals surface area (Å²) in [7, 11) is 0. The molecule has 0 unspecified atom stereocenters. The number of nitrogens with zero attached hydrogens (tertiary/aromatic N) is 2. The van der Waals surface area contributed by atoms with Crippen LogP contribution in [-0.2, 0) is 4.79 Å². The lowest BCUT2D eigenvalue weighted by atomic mass is 9.88. The molecule has 42 heavy (non-hydrogen) atoms. The lowest BCUT2D eigenvalue weighted by Crippen LogP contribution is -2.50. The number of nitrogens with two attached hydrogens (primary N) is 1. The SMILES string of the molecule is CC(=O)NC1CCC(N2CCC(NC(=O)c3cc(-c4c(O)cc(O)cc4Oc4ccc(C(N)=O)cc4)on3)CC2)CC1. The van der Waals surface area contributed by atoms with E-state index >= 15 is 0 Å². The van der Waals surface area contributed by atoms with E-state index in [2.05, 4.69) is 20.7 Å². The van der Waals surface area contributed by atoms with Crippen molar-refractivity contribution in [2.75, 3.05) is 13.1 Å². The quantitative estimate of drug-likeness (QED) is 0.268. The molecule has 0 spiro atoms. The molecule has 2 heterocycles. The Hall–Kier alpha value is -4.58. The van der Waals surface area contributed by atoms with Crippen LogP contribution >= 0.6 is 0 Å². The summed E-state index contributed by atoms with van der Waals surface area (Å²) >= 11 is 0. The van der Waals surface area contributed by atoms with Crippen molar-refractivity contribution in [3.8, 4) is 34.3 Å². The van der Waals surface area contributed by atoms with Crippen LogP contribution in [0.3, 0.4) is 0 Å². The van der Waals surface area contributed by atoms with Crippen molar-refractivity contribution in [1.82, 2.24) is 20.7 Å². The van der Waals surface area contributed by atoms with Crippen LogP contribution in [0.25, 0.3) is 11.3 Å². The van der Waals surface area contributed by atoms with Gasteiger partial charge in [-0.25, -0.2) is 0 Å². The zero-order valence-electron chi connectivity index (χ0n) is 23.3. The predicted molar refractivity (Wildman–Crippen MR) is 152 cm³/mol. The number of aromatic hydroxyl groups is 2. The Kier molecular flexibility index (Phi) is 8.62. The third-order valence-electron chi connectivity index (χ3n) is 7.91. The summed E-state index contributed by atoms with van der Waals surface area (Å²) in [6.07, 6.45) is 5.71. The predicted octanol–water partition coefficient (Wildman–Crippen LogP) is 3.29. The van der Waals surface area contributed by atoms with Crippen LogP contribution in [0.5, 0.6) is 23.0 Å². The number of piperidine rings is 1. The molecule has 6 N–H and O–H groups in total. The van der Waals surface area contributed by atoms with E-state index in [0.29, 0.717) is 17.4 Å². The molecule has 2 aromatic carbocycles. The number of rotatable bonds is 8. The largest absolute Gasteiger partial charge is 0.508 e. The van der Waals surface area contributed by atoms with Crippen molar-refractivity contribution in [3.63, 3.8) is 0 Å². The van der Waals surface area contributed by atoms with Crippen LogP contribution in [0.2, 0.25) is 0 Å². The number of phenolic OH excluding ortho intramolecular Hbond substituents is 2. The molecule has 1 saturated heterocycles. The number of phenols is 2. The molecule has 1 aliphatic heterocycles. The van der Waals surface area contributed by atoms with Crippen molar-refractivity contribution in [1.29, 1.82) is 0 Å². The summed E-state index contributed by atoms with van der Waals surface area (Å²) in [5.41, 5.74) is 5.73. The molecular weight excluding hydrogens is 542 g/mol. The highest BCUT2D eigenvalue weighted by Gasteiger charge is 2.30. The number of likely N-dealkylation sites (tertiary alicyclic amines) is 1. The number of nitrogens with one attached hydrogen (secondary N) is 2. The van der Waals surface area contributed by atoms with Gasteiger partial charge in [0.25, 0.3) is 5.91 Å². The average molecular weight is 578 g/mol. The highest BCUT2D eigenvalue weighted by atomic mass is 16.5. The van der Waals surface area contributed by atoms with Gasteiger partial charge in [-0.3, -0.25) is 14.4 Å². The van der Waals surface area contributed by atoms with Gasteiger partial charge in [-0.05, 0) is 62.8 Å². The highest BCUT2D eigenvalue weighted by Crippen LogP contribution is 2.43. The van der Waals surface area contributed by atoms with Crippen LogP contribution in [-0.4, -0.2) is 69.2 Å². The second kappa shape index (κ2) is 12.5. The molecule has 1 aromatic heterocycles. The number of hydrogen-bond donors (Lipinski definition) is 5. The monoisotopic (exact) mass is 577 g/mol. The van der Waals surface area contributed by atoms with Crippen molar-refractivity contribution >= 4 is 17.7 Å². The number of carbonyl (C=O) groups excluding carboxylic acids is 3. The van der Waals surface area contributed by atoms with E-state index in [9.17, 15) is 24.6 Å². The Balaban J connectivity index is 1.20. The van der Waals surface area contributed by atoms with Crippen molar-refractivity contribution in [2.24, 2.45) is 5.73 Å². The maximum absolute atomic E-state index is 13.0. The van der Waals surface area contributed by atoms with E-state index < -0.39 is 5.91 Å². The summed E-state index contributed by atoms with van der Waals surface area (Å²) in [5, 5.41) is 30.6. The van der Waals surface area contributed by atoms with Gasteiger partial charge in [0.1, 0.15) is 28.6 Å². The molecule has 12 heteroatoms. The van der Waals surface area contributed by atoms with E-state index in [1.807, 2.05) is 0 Å². The molecule has 2 aliphatic rings. The van der Waals surface area contributed by atoms with E-state index in [4.69, 9.17) is 15.0 Å². The molecule has 12 nitrogen and oxygen atoms in total. The van der Waals surface area contributed by atoms with E-state index in [1.165, 1.54) is 36.4 Å². The van der Waals surface area contributed by atoms with Crippen molar-refractivity contribution in [3.05, 3.63) is 53.7 Å². The van der Waals surface area contributed by atoms with E-state index in [1.54, 1.807) is 6.92 Å². The van der Waals surface area contributed by atoms with Gasteiger partial charge in [-0.2, -0.15) is 0 Å². The smallest absolute Gasteiger partial charge is 0.273 e. The topological polar surface area (TPSA) is 180 Å². The van der Waals surface area contributed by atoms with Gasteiger partial charge in [0, 0.05) is 61.9 Å². The number of amides is 3. The Bertz CT molecular complexity index is 1440. The fraction of sp³-hybridized carbons (Fsp3) is 0.400. The standard InChI is InChI=1S/C30H35N5O7/c1-17(36)32-19-4-6-21(7-5-19)35-12-10-20(11-13-35)33-30(40)24-16-27(42-34-24)28-25(38)14-22(37)15-26(28)41-23-8-2-18(3-9-23)29(31)39/h2-3,8-9,14-16,19-21,37-38H,4-7,10-13H2,1H3,(H2,31,39)(H,32,36)(H,33,40). The molecule has 3 amide bonds. The maximum atomic E-state index is 13.0. The molecule has 3 aromatic rings. The van der Waals surface area contributed by atoms with Gasteiger partial charge in [0.05, 0.1) is 0 Å². The van der Waals surface area contributed by atoms with Crippen LogP contribution in [0.4, 0.5) is 0 Å². The third-order valence-corrected chi connectivity index (χ3v) is 7.91. The van der Waals surface area contributed by atoms with Crippen LogP contribution < -0.4 is 21.1 Å². The molecule has 0 bridgehead atoms. The van der Waals surface area contributed by atoms with E-state index in [0.717, 1.165) is 57.7 Å². The number of carbonyl (C=O) groups is 3. The van der Waals surface area contributed by atoms with Gasteiger partial charge in [0.2, 0.25) is 11.8 Å². The van der Waals surface area contributed by atoms with Crippen LogP contribution in [0.15, 0.2) is 47.0 Å². The lowest BCUT2D eigenvalue weighted by molar-refractivity contribution is -0.120. The molecular formula is C30H35N5O7. The second-order valence-corrected chi connectivity index (χ2v) is 10.9. The van der Waals surface area contributed by atoms with Gasteiger partial charge in [0.15, 0.2) is 11.5 Å². The summed E-state index contributed by atoms with van der Waals surface area (Å²) in [4.78, 5) is 38.2. The van der Waals surface area contributed by atoms with E-state index in [-0.39, 0.29) is 58.2 Å². The highest BCUT2D eigenvalue weighted by molar-refractivity contribution is 5.94. The summed E-state index contributed by atoms with van der Waals surface area (Å²) in [6.45, 7) is 3.32. The summed E-state index contributed by atoms with van der Waals surface area (Å²) in [5.74, 6) is -1.08. The zero-order chi connectivity index (χ0) is 29.8. The van der Waals surface area contributed by atoms with Crippen molar-refractivity contribution < 1.29 is 33.9 Å². The Labute approximate surface area is 242 Å². The Morgan fingerprint density at radius 1 is 0.952 bits per heavy atom. The van der Waals surface area contributed by atoms with Crippen LogP contribution in [0, 0.1) is 0 Å². The van der Waals surface area contributed by atoms with Crippen LogP contribution in [0.1, 0.15) is 66.3 Å². The Morgan fingerprint density at radius 3 is 2.26 bits per heavy atom. The fourth-order valence-corrected chi connectivity index (χ4v) is 5.77. The van der Waals surface area contributed by atoms with Gasteiger partial charge >= 0.3 is 0 Å². The first-order valence-electron chi connectivity index (χ1n) is 14.1. The minimum absolute atomic E-state index is 0.00559. The van der Waals surface area contributed by atoms with Gasteiger partial charge < -0.3 is 40.7 Å². The fourth-order valence-electron chi connectivity index (χ4n) is 5.77. The maximum Gasteiger partial charge on any atom is 0.273 e. The first kappa shape index (κ1) is 28.9. The molecule has 0 radical (unpaired) electrons. The Morgan fingerprint density at radius 2 is 1.62 bits per heavy atom. The number of hydrogen-bond acceptors (Lipinski definition) is 9. The molecule has 2 fully saturated rings. The minimum atomic E-state index is -0.586.